The highest BCUT2D eigenvalue weighted by Gasteiger charge is 2.27. The summed E-state index contributed by atoms with van der Waals surface area (Å²) in [5, 5.41) is 12.3. The monoisotopic (exact) mass is 372 g/mol. The fourth-order valence-corrected chi connectivity index (χ4v) is 3.49. The number of aromatic nitrogens is 2. The van der Waals surface area contributed by atoms with Crippen LogP contribution in [-0.2, 0) is 6.42 Å². The van der Waals surface area contributed by atoms with E-state index in [9.17, 15) is 4.79 Å². The third kappa shape index (κ3) is 4.73. The molecule has 0 bridgehead atoms. The lowest BCUT2D eigenvalue weighted by Gasteiger charge is -2.34. The van der Waals surface area contributed by atoms with E-state index < -0.39 is 0 Å². The second kappa shape index (κ2) is 8.99. The van der Waals surface area contributed by atoms with Gasteiger partial charge in [0.05, 0.1) is 0 Å². The van der Waals surface area contributed by atoms with E-state index in [4.69, 9.17) is 11.6 Å². The molecule has 2 aromatic rings. The second-order valence-corrected chi connectivity index (χ2v) is 7.10. The van der Waals surface area contributed by atoms with Crippen LogP contribution in [0.4, 0.5) is 5.82 Å². The zero-order chi connectivity index (χ0) is 18.4. The minimum atomic E-state index is -0.00300. The molecule has 0 aliphatic carbocycles. The molecule has 0 radical (unpaired) electrons. The third-order valence-electron chi connectivity index (χ3n) is 4.88. The maximum Gasteiger partial charge on any atom is 0.274 e. The molecule has 1 unspecified atom stereocenters. The summed E-state index contributed by atoms with van der Waals surface area (Å²) in [7, 11) is 0. The highest BCUT2D eigenvalue weighted by Crippen LogP contribution is 2.21. The molecule has 2 heterocycles. The van der Waals surface area contributed by atoms with Gasteiger partial charge in [0.15, 0.2) is 5.69 Å². The molecule has 138 valence electrons. The van der Waals surface area contributed by atoms with Gasteiger partial charge in [-0.1, -0.05) is 30.7 Å². The van der Waals surface area contributed by atoms with Crippen molar-refractivity contribution in [2.24, 2.45) is 0 Å². The summed E-state index contributed by atoms with van der Waals surface area (Å²) in [5.74, 6) is 0.679. The molecule has 0 saturated carbocycles. The number of carbonyl (C=O) groups is 1. The SMILES string of the molecule is CCC1CCCCN1C(=O)c1ccc(NCCc2ccc(Cl)cc2)nn1. The van der Waals surface area contributed by atoms with Crippen molar-refractivity contribution in [2.75, 3.05) is 18.4 Å². The number of nitrogens with one attached hydrogen (secondary N) is 1. The topological polar surface area (TPSA) is 58.1 Å². The molecule has 1 aromatic carbocycles. The van der Waals surface area contributed by atoms with Crippen LogP contribution in [0.3, 0.4) is 0 Å². The number of hydrogen-bond acceptors (Lipinski definition) is 4. The van der Waals surface area contributed by atoms with Crippen LogP contribution in [0.15, 0.2) is 36.4 Å². The predicted octanol–water partition coefficient (Wildman–Crippen LogP) is 4.19. The highest BCUT2D eigenvalue weighted by atomic mass is 35.5. The van der Waals surface area contributed by atoms with E-state index in [0.717, 1.165) is 43.8 Å². The molecular weight excluding hydrogens is 348 g/mol. The van der Waals surface area contributed by atoms with E-state index in [1.54, 1.807) is 6.07 Å². The predicted molar refractivity (Wildman–Crippen MR) is 105 cm³/mol. The maximum atomic E-state index is 12.7. The number of benzene rings is 1. The first-order valence-electron chi connectivity index (χ1n) is 9.30. The minimum absolute atomic E-state index is 0.00300. The Kier molecular flexibility index (Phi) is 6.45. The lowest BCUT2D eigenvalue weighted by Crippen LogP contribution is -2.43. The van der Waals surface area contributed by atoms with Crippen molar-refractivity contribution >= 4 is 23.3 Å². The molecule has 1 atom stereocenters. The largest absolute Gasteiger partial charge is 0.368 e. The Morgan fingerprint density at radius 1 is 1.19 bits per heavy atom. The summed E-state index contributed by atoms with van der Waals surface area (Å²) in [6, 6.07) is 11.7. The number of hydrogen-bond donors (Lipinski definition) is 1. The van der Waals surface area contributed by atoms with E-state index in [1.165, 1.54) is 12.0 Å². The fraction of sp³-hybridized carbons (Fsp3) is 0.450. The Bertz CT molecular complexity index is 718. The normalized spacial score (nSPS) is 17.2. The van der Waals surface area contributed by atoms with Gasteiger partial charge in [-0.2, -0.15) is 0 Å². The number of amides is 1. The van der Waals surface area contributed by atoms with Crippen LogP contribution in [0, 0.1) is 0 Å². The molecule has 1 fully saturated rings. The van der Waals surface area contributed by atoms with Gasteiger partial charge < -0.3 is 10.2 Å². The van der Waals surface area contributed by atoms with Crippen LogP contribution in [0.2, 0.25) is 5.02 Å². The van der Waals surface area contributed by atoms with Crippen molar-refractivity contribution in [3.63, 3.8) is 0 Å². The molecule has 5 nitrogen and oxygen atoms in total. The molecule has 1 amide bonds. The van der Waals surface area contributed by atoms with Crippen LogP contribution in [0.1, 0.15) is 48.7 Å². The molecule has 1 aliphatic heterocycles. The first-order chi connectivity index (χ1) is 12.7. The molecule has 1 N–H and O–H groups in total. The van der Waals surface area contributed by atoms with E-state index in [-0.39, 0.29) is 5.91 Å². The summed E-state index contributed by atoms with van der Waals surface area (Å²) in [6.07, 6.45) is 5.21. The van der Waals surface area contributed by atoms with Gasteiger partial charge >= 0.3 is 0 Å². The van der Waals surface area contributed by atoms with E-state index in [1.807, 2.05) is 35.2 Å². The van der Waals surface area contributed by atoms with Crippen LogP contribution in [-0.4, -0.2) is 40.1 Å². The minimum Gasteiger partial charge on any atom is -0.368 e. The standard InChI is InChI=1S/C20H25ClN4O/c1-2-17-5-3-4-14-25(17)20(26)18-10-11-19(24-23-18)22-13-12-15-6-8-16(21)9-7-15/h6-11,17H,2-5,12-14H2,1H3,(H,22,24). The zero-order valence-electron chi connectivity index (χ0n) is 15.1. The molecular formula is C20H25ClN4O. The van der Waals surface area contributed by atoms with Gasteiger partial charge in [0.25, 0.3) is 5.91 Å². The summed E-state index contributed by atoms with van der Waals surface area (Å²) in [5.41, 5.74) is 1.63. The number of halogens is 1. The summed E-state index contributed by atoms with van der Waals surface area (Å²) in [6.45, 7) is 3.70. The van der Waals surface area contributed by atoms with Crippen molar-refractivity contribution in [3.8, 4) is 0 Å². The van der Waals surface area contributed by atoms with Crippen LogP contribution in [0.5, 0.6) is 0 Å². The van der Waals surface area contributed by atoms with Gasteiger partial charge in [-0.15, -0.1) is 10.2 Å². The van der Waals surface area contributed by atoms with E-state index >= 15 is 0 Å². The second-order valence-electron chi connectivity index (χ2n) is 6.66. The van der Waals surface area contributed by atoms with Crippen molar-refractivity contribution in [1.82, 2.24) is 15.1 Å². The van der Waals surface area contributed by atoms with Crippen LogP contribution >= 0.6 is 11.6 Å². The average Bonchev–Trinajstić information content (AvgIpc) is 2.69. The quantitative estimate of drug-likeness (QED) is 0.826. The molecule has 26 heavy (non-hydrogen) atoms. The van der Waals surface area contributed by atoms with Gasteiger partial charge in [0.1, 0.15) is 5.82 Å². The lowest BCUT2D eigenvalue weighted by atomic mass is 9.99. The van der Waals surface area contributed by atoms with Crippen LogP contribution in [0.25, 0.3) is 0 Å². The molecule has 3 rings (SSSR count). The molecule has 0 spiro atoms. The van der Waals surface area contributed by atoms with Crippen molar-refractivity contribution in [2.45, 2.75) is 45.1 Å². The van der Waals surface area contributed by atoms with Crippen molar-refractivity contribution in [3.05, 3.63) is 52.7 Å². The number of anilines is 1. The van der Waals surface area contributed by atoms with Gasteiger partial charge in [-0.3, -0.25) is 4.79 Å². The average molecular weight is 373 g/mol. The van der Waals surface area contributed by atoms with E-state index in [0.29, 0.717) is 17.6 Å². The highest BCUT2D eigenvalue weighted by molar-refractivity contribution is 6.30. The first-order valence-corrected chi connectivity index (χ1v) is 9.68. The Labute approximate surface area is 159 Å². The summed E-state index contributed by atoms with van der Waals surface area (Å²) < 4.78 is 0. The van der Waals surface area contributed by atoms with Crippen LogP contribution < -0.4 is 5.32 Å². The Hall–Kier alpha value is -2.14. The summed E-state index contributed by atoms with van der Waals surface area (Å²) >= 11 is 5.89. The number of rotatable bonds is 6. The summed E-state index contributed by atoms with van der Waals surface area (Å²) in [4.78, 5) is 14.7. The third-order valence-corrected chi connectivity index (χ3v) is 5.13. The molecule has 1 aliphatic rings. The lowest BCUT2D eigenvalue weighted by molar-refractivity contribution is 0.0601. The number of carbonyl (C=O) groups excluding carboxylic acids is 1. The fourth-order valence-electron chi connectivity index (χ4n) is 3.37. The zero-order valence-corrected chi connectivity index (χ0v) is 15.9. The molecule has 1 saturated heterocycles. The number of likely N-dealkylation sites (tertiary alicyclic amines) is 1. The maximum absolute atomic E-state index is 12.7. The van der Waals surface area contributed by atoms with Crippen molar-refractivity contribution in [1.29, 1.82) is 0 Å². The van der Waals surface area contributed by atoms with Gasteiger partial charge in [0.2, 0.25) is 0 Å². The Morgan fingerprint density at radius 3 is 2.69 bits per heavy atom. The smallest absolute Gasteiger partial charge is 0.274 e. The van der Waals surface area contributed by atoms with Crippen molar-refractivity contribution < 1.29 is 4.79 Å². The Balaban J connectivity index is 1.54. The number of nitrogens with zero attached hydrogens (tertiary/aromatic N) is 3. The molecule has 6 heteroatoms. The Morgan fingerprint density at radius 2 is 2.00 bits per heavy atom. The van der Waals surface area contributed by atoms with E-state index in [2.05, 4.69) is 22.4 Å². The van der Waals surface area contributed by atoms with Gasteiger partial charge in [0, 0.05) is 24.2 Å². The molecule has 1 aromatic heterocycles. The first kappa shape index (κ1) is 18.6. The van der Waals surface area contributed by atoms with Gasteiger partial charge in [-0.05, 0) is 61.9 Å². The number of piperidine rings is 1. The van der Waals surface area contributed by atoms with Gasteiger partial charge in [-0.25, -0.2) is 0 Å².